The summed E-state index contributed by atoms with van der Waals surface area (Å²) in [6, 6.07) is 7.55. The first-order chi connectivity index (χ1) is 9.22. The average Bonchev–Trinajstić information content (AvgIpc) is 2.46. The molecule has 1 atom stereocenters. The number of rotatable bonds is 4. The molecule has 104 valence electrons. The number of nitrogen functional groups attached to an aromatic ring is 1. The molecule has 0 heterocycles. The van der Waals surface area contributed by atoms with Gasteiger partial charge in [0.25, 0.3) is 5.91 Å². The molecule has 0 aromatic heterocycles. The molecule has 19 heavy (non-hydrogen) atoms. The van der Waals surface area contributed by atoms with Gasteiger partial charge in [0, 0.05) is 11.7 Å². The van der Waals surface area contributed by atoms with Crippen molar-refractivity contribution in [3.63, 3.8) is 0 Å². The zero-order valence-electron chi connectivity index (χ0n) is 11.7. The van der Waals surface area contributed by atoms with Gasteiger partial charge in [-0.05, 0) is 37.3 Å². The molecular weight excluding hydrogens is 236 g/mol. The molecule has 1 aromatic rings. The summed E-state index contributed by atoms with van der Waals surface area (Å²) in [5.74, 6) is 0.600. The molecule has 0 saturated heterocycles. The summed E-state index contributed by atoms with van der Waals surface area (Å²) in [7, 11) is 0. The van der Waals surface area contributed by atoms with Crippen molar-refractivity contribution in [2.24, 2.45) is 5.92 Å². The molecule has 3 N–H and O–H groups in total. The Morgan fingerprint density at radius 2 is 2.00 bits per heavy atom. The van der Waals surface area contributed by atoms with Gasteiger partial charge in [-0.25, -0.2) is 0 Å². The largest absolute Gasteiger partial charge is 0.398 e. The number of carbonyl (C=O) groups excluding carboxylic acids is 1. The highest BCUT2D eigenvalue weighted by molar-refractivity contribution is 5.99. The summed E-state index contributed by atoms with van der Waals surface area (Å²) in [6.07, 6.45) is 7.40. The predicted octanol–water partition coefficient (Wildman–Crippen LogP) is 3.36. The lowest BCUT2D eigenvalue weighted by Gasteiger charge is -2.30. The summed E-state index contributed by atoms with van der Waals surface area (Å²) in [4.78, 5) is 12.3. The Bertz CT molecular complexity index is 425. The van der Waals surface area contributed by atoms with Gasteiger partial charge in [0.05, 0.1) is 5.56 Å². The van der Waals surface area contributed by atoms with Crippen LogP contribution in [0.15, 0.2) is 24.3 Å². The standard InChI is InChI=1S/C16H24N2O/c1-2-15(12-8-4-3-5-9-12)18-16(19)13-10-6-7-11-14(13)17/h6-7,10-12,15H,2-5,8-9,17H2,1H3,(H,18,19). The topological polar surface area (TPSA) is 55.1 Å². The molecular formula is C16H24N2O. The monoisotopic (exact) mass is 260 g/mol. The van der Waals surface area contributed by atoms with Crippen LogP contribution >= 0.6 is 0 Å². The van der Waals surface area contributed by atoms with E-state index in [2.05, 4.69) is 12.2 Å². The Hall–Kier alpha value is -1.51. The van der Waals surface area contributed by atoms with Gasteiger partial charge in [-0.15, -0.1) is 0 Å². The molecule has 1 saturated carbocycles. The number of anilines is 1. The molecule has 3 nitrogen and oxygen atoms in total. The van der Waals surface area contributed by atoms with Crippen LogP contribution in [0.2, 0.25) is 0 Å². The van der Waals surface area contributed by atoms with E-state index in [4.69, 9.17) is 5.73 Å². The smallest absolute Gasteiger partial charge is 0.253 e. The number of amides is 1. The summed E-state index contributed by atoms with van der Waals surface area (Å²) in [5, 5.41) is 3.17. The molecule has 1 aliphatic rings. The van der Waals surface area contributed by atoms with Crippen LogP contribution in [0.1, 0.15) is 55.8 Å². The number of hydrogen-bond acceptors (Lipinski definition) is 2. The SMILES string of the molecule is CCC(NC(=O)c1ccccc1N)C1CCCCC1. The lowest BCUT2D eigenvalue weighted by molar-refractivity contribution is 0.0912. The second-order valence-electron chi connectivity index (χ2n) is 5.47. The molecule has 0 aliphatic heterocycles. The summed E-state index contributed by atoms with van der Waals surface area (Å²) in [5.41, 5.74) is 7.00. The molecule has 3 heteroatoms. The Balaban J connectivity index is 2.01. The van der Waals surface area contributed by atoms with Crippen molar-refractivity contribution < 1.29 is 4.79 Å². The van der Waals surface area contributed by atoms with Crippen LogP contribution in [0.3, 0.4) is 0 Å². The fourth-order valence-corrected chi connectivity index (χ4v) is 3.04. The minimum absolute atomic E-state index is 0.0319. The van der Waals surface area contributed by atoms with Crippen LogP contribution < -0.4 is 11.1 Å². The van der Waals surface area contributed by atoms with Crippen LogP contribution in [0.4, 0.5) is 5.69 Å². The second-order valence-corrected chi connectivity index (χ2v) is 5.47. The number of benzene rings is 1. The van der Waals surface area contributed by atoms with Gasteiger partial charge >= 0.3 is 0 Å². The number of nitrogens with two attached hydrogens (primary N) is 1. The fourth-order valence-electron chi connectivity index (χ4n) is 3.04. The summed E-state index contributed by atoms with van der Waals surface area (Å²) >= 11 is 0. The Morgan fingerprint density at radius 1 is 1.32 bits per heavy atom. The molecule has 1 aromatic carbocycles. The van der Waals surface area contributed by atoms with E-state index in [-0.39, 0.29) is 11.9 Å². The van der Waals surface area contributed by atoms with E-state index in [1.54, 1.807) is 12.1 Å². The van der Waals surface area contributed by atoms with Gasteiger partial charge in [-0.3, -0.25) is 4.79 Å². The third kappa shape index (κ3) is 3.49. The van der Waals surface area contributed by atoms with E-state index in [0.29, 0.717) is 17.2 Å². The molecule has 1 fully saturated rings. The van der Waals surface area contributed by atoms with Crippen molar-refractivity contribution >= 4 is 11.6 Å². The van der Waals surface area contributed by atoms with Crippen LogP contribution in [0.5, 0.6) is 0 Å². The van der Waals surface area contributed by atoms with Gasteiger partial charge in [-0.1, -0.05) is 38.3 Å². The third-order valence-electron chi connectivity index (χ3n) is 4.18. The molecule has 1 unspecified atom stereocenters. The van der Waals surface area contributed by atoms with E-state index in [1.165, 1.54) is 32.1 Å². The zero-order chi connectivity index (χ0) is 13.7. The zero-order valence-corrected chi connectivity index (χ0v) is 11.7. The van der Waals surface area contributed by atoms with E-state index < -0.39 is 0 Å². The minimum atomic E-state index is -0.0319. The van der Waals surface area contributed by atoms with Crippen molar-refractivity contribution in [1.82, 2.24) is 5.32 Å². The summed E-state index contributed by atoms with van der Waals surface area (Å²) in [6.45, 7) is 2.15. The van der Waals surface area contributed by atoms with E-state index in [0.717, 1.165) is 6.42 Å². The Morgan fingerprint density at radius 3 is 2.63 bits per heavy atom. The van der Waals surface area contributed by atoms with Gasteiger partial charge < -0.3 is 11.1 Å². The van der Waals surface area contributed by atoms with Gasteiger partial charge in [-0.2, -0.15) is 0 Å². The van der Waals surface area contributed by atoms with Crippen LogP contribution in [0, 0.1) is 5.92 Å². The first kappa shape index (κ1) is 13.9. The predicted molar refractivity (Wildman–Crippen MR) is 79.0 cm³/mol. The lowest BCUT2D eigenvalue weighted by Crippen LogP contribution is -2.40. The van der Waals surface area contributed by atoms with E-state index in [1.807, 2.05) is 12.1 Å². The van der Waals surface area contributed by atoms with Crippen LogP contribution in [0.25, 0.3) is 0 Å². The molecule has 2 rings (SSSR count). The minimum Gasteiger partial charge on any atom is -0.398 e. The maximum absolute atomic E-state index is 12.3. The van der Waals surface area contributed by atoms with E-state index >= 15 is 0 Å². The van der Waals surface area contributed by atoms with Crippen molar-refractivity contribution in [2.45, 2.75) is 51.5 Å². The number of carbonyl (C=O) groups is 1. The Labute approximate surface area is 115 Å². The van der Waals surface area contributed by atoms with Gasteiger partial charge in [0.2, 0.25) is 0 Å². The molecule has 0 spiro atoms. The van der Waals surface area contributed by atoms with Crippen LogP contribution in [-0.2, 0) is 0 Å². The highest BCUT2D eigenvalue weighted by Crippen LogP contribution is 2.28. The second kappa shape index (κ2) is 6.60. The maximum Gasteiger partial charge on any atom is 0.253 e. The van der Waals surface area contributed by atoms with Crippen molar-refractivity contribution in [2.75, 3.05) is 5.73 Å². The normalized spacial score (nSPS) is 17.9. The molecule has 0 bridgehead atoms. The molecule has 1 amide bonds. The fraction of sp³-hybridized carbons (Fsp3) is 0.562. The van der Waals surface area contributed by atoms with Crippen molar-refractivity contribution in [3.05, 3.63) is 29.8 Å². The first-order valence-corrected chi connectivity index (χ1v) is 7.37. The van der Waals surface area contributed by atoms with Crippen molar-refractivity contribution in [3.8, 4) is 0 Å². The Kier molecular flexibility index (Phi) is 4.83. The third-order valence-corrected chi connectivity index (χ3v) is 4.18. The van der Waals surface area contributed by atoms with E-state index in [9.17, 15) is 4.79 Å². The van der Waals surface area contributed by atoms with Gasteiger partial charge in [0.15, 0.2) is 0 Å². The number of nitrogens with one attached hydrogen (secondary N) is 1. The quantitative estimate of drug-likeness (QED) is 0.816. The first-order valence-electron chi connectivity index (χ1n) is 7.37. The molecule has 0 radical (unpaired) electrons. The summed E-state index contributed by atoms with van der Waals surface area (Å²) < 4.78 is 0. The number of hydrogen-bond donors (Lipinski definition) is 2. The van der Waals surface area contributed by atoms with Crippen molar-refractivity contribution in [1.29, 1.82) is 0 Å². The molecule has 1 aliphatic carbocycles. The average molecular weight is 260 g/mol. The highest BCUT2D eigenvalue weighted by Gasteiger charge is 2.24. The van der Waals surface area contributed by atoms with Gasteiger partial charge in [0.1, 0.15) is 0 Å². The highest BCUT2D eigenvalue weighted by atomic mass is 16.1. The maximum atomic E-state index is 12.3. The lowest BCUT2D eigenvalue weighted by atomic mass is 9.83. The number of para-hydroxylation sites is 1. The van der Waals surface area contributed by atoms with Crippen LogP contribution in [-0.4, -0.2) is 11.9 Å².